The molecule has 0 aromatic carbocycles. The number of piperazine rings is 1. The van der Waals surface area contributed by atoms with Crippen molar-refractivity contribution in [2.45, 2.75) is 32.4 Å². The van der Waals surface area contributed by atoms with Crippen molar-refractivity contribution in [3.63, 3.8) is 0 Å². The van der Waals surface area contributed by atoms with Gasteiger partial charge in [-0.05, 0) is 39.6 Å². The van der Waals surface area contributed by atoms with Crippen molar-refractivity contribution in [2.24, 2.45) is 0 Å². The van der Waals surface area contributed by atoms with E-state index < -0.39 is 0 Å². The summed E-state index contributed by atoms with van der Waals surface area (Å²) in [6, 6.07) is 5.33. The molecule has 0 radical (unpaired) electrons. The highest BCUT2D eigenvalue weighted by atomic mass is 15.3. The Kier molecular flexibility index (Phi) is 4.77. The fourth-order valence-corrected chi connectivity index (χ4v) is 2.63. The predicted octanol–water partition coefficient (Wildman–Crippen LogP) is 1.89. The van der Waals surface area contributed by atoms with Crippen LogP contribution in [0.25, 0.3) is 0 Å². The van der Waals surface area contributed by atoms with Crippen molar-refractivity contribution in [3.05, 3.63) is 24.0 Å². The lowest BCUT2D eigenvalue weighted by Crippen LogP contribution is -2.50. The smallest absolute Gasteiger partial charge is 0.0574 e. The first-order valence-electron chi connectivity index (χ1n) is 7.24. The van der Waals surface area contributed by atoms with Gasteiger partial charge in [0.25, 0.3) is 0 Å². The van der Waals surface area contributed by atoms with Gasteiger partial charge in [0.15, 0.2) is 0 Å². The summed E-state index contributed by atoms with van der Waals surface area (Å²) in [5.74, 6) is 0. The molecule has 0 saturated carbocycles. The number of nitrogens with one attached hydrogen (secondary N) is 1. The van der Waals surface area contributed by atoms with Crippen LogP contribution in [0.3, 0.4) is 0 Å². The van der Waals surface area contributed by atoms with Gasteiger partial charge in [-0.1, -0.05) is 6.92 Å². The number of anilines is 1. The normalized spacial score (nSPS) is 22.5. The van der Waals surface area contributed by atoms with Crippen molar-refractivity contribution in [1.82, 2.24) is 15.2 Å². The number of rotatable bonds is 4. The van der Waals surface area contributed by atoms with Gasteiger partial charge in [0.1, 0.15) is 0 Å². The maximum Gasteiger partial charge on any atom is 0.0574 e. The summed E-state index contributed by atoms with van der Waals surface area (Å²) >= 11 is 0. The van der Waals surface area contributed by atoms with Gasteiger partial charge in [-0.3, -0.25) is 4.98 Å². The third-order valence-corrected chi connectivity index (χ3v) is 4.21. The molecule has 0 spiro atoms. The van der Waals surface area contributed by atoms with E-state index in [-0.39, 0.29) is 0 Å². The van der Waals surface area contributed by atoms with Gasteiger partial charge >= 0.3 is 0 Å². The maximum absolute atomic E-state index is 4.62. The highest BCUT2D eigenvalue weighted by molar-refractivity contribution is 5.45. The zero-order valence-electron chi connectivity index (χ0n) is 12.6. The molecule has 0 bridgehead atoms. The van der Waals surface area contributed by atoms with E-state index in [1.165, 1.54) is 5.69 Å². The summed E-state index contributed by atoms with van der Waals surface area (Å²) in [5, 5.41) is 3.30. The lowest BCUT2D eigenvalue weighted by Gasteiger charge is -2.38. The van der Waals surface area contributed by atoms with Gasteiger partial charge in [-0.25, -0.2) is 0 Å². The van der Waals surface area contributed by atoms with E-state index in [9.17, 15) is 0 Å². The molecule has 2 unspecified atom stereocenters. The molecule has 2 rings (SSSR count). The molecule has 2 atom stereocenters. The van der Waals surface area contributed by atoms with Crippen LogP contribution >= 0.6 is 0 Å². The molecule has 1 aromatic rings. The summed E-state index contributed by atoms with van der Waals surface area (Å²) < 4.78 is 0. The average Bonchev–Trinajstić information content (AvgIpc) is 2.44. The van der Waals surface area contributed by atoms with E-state index in [0.29, 0.717) is 12.1 Å². The van der Waals surface area contributed by atoms with E-state index in [2.05, 4.69) is 53.1 Å². The molecule has 1 aliphatic rings. The summed E-state index contributed by atoms with van der Waals surface area (Å²) in [6.45, 7) is 7.75. The summed E-state index contributed by atoms with van der Waals surface area (Å²) in [4.78, 5) is 9.46. The summed E-state index contributed by atoms with van der Waals surface area (Å²) in [7, 11) is 4.19. The first-order chi connectivity index (χ1) is 9.15. The van der Waals surface area contributed by atoms with Crippen molar-refractivity contribution in [2.75, 3.05) is 38.6 Å². The molecule has 1 fully saturated rings. The van der Waals surface area contributed by atoms with Crippen LogP contribution in [-0.4, -0.2) is 49.7 Å². The van der Waals surface area contributed by atoms with Crippen LogP contribution in [0.4, 0.5) is 5.69 Å². The van der Waals surface area contributed by atoms with Gasteiger partial charge < -0.3 is 15.1 Å². The molecular formula is C15H26N4. The Morgan fingerprint density at radius 3 is 2.74 bits per heavy atom. The van der Waals surface area contributed by atoms with Gasteiger partial charge in [-0.15, -0.1) is 0 Å². The van der Waals surface area contributed by atoms with Crippen molar-refractivity contribution in [1.29, 1.82) is 0 Å². The van der Waals surface area contributed by atoms with Crippen LogP contribution in [0.2, 0.25) is 0 Å². The number of likely N-dealkylation sites (N-methyl/N-ethyl adjacent to an activating group) is 1. The van der Waals surface area contributed by atoms with Gasteiger partial charge in [0.2, 0.25) is 0 Å². The minimum absolute atomic E-state index is 0.362. The van der Waals surface area contributed by atoms with Crippen molar-refractivity contribution < 1.29 is 0 Å². The second-order valence-corrected chi connectivity index (χ2v) is 5.47. The standard InChI is InChI=1S/C15H26N4/c1-5-14(16-3)15-7-6-13(10-17-15)19-9-8-18(4)12(2)11-19/h6-7,10,12,14,16H,5,8-9,11H2,1-4H3. The summed E-state index contributed by atoms with van der Waals surface area (Å²) in [6.07, 6.45) is 3.09. The first kappa shape index (κ1) is 14.3. The fourth-order valence-electron chi connectivity index (χ4n) is 2.63. The largest absolute Gasteiger partial charge is 0.367 e. The molecule has 19 heavy (non-hydrogen) atoms. The summed E-state index contributed by atoms with van der Waals surface area (Å²) in [5.41, 5.74) is 2.38. The molecule has 0 aliphatic carbocycles. The second kappa shape index (κ2) is 6.35. The maximum atomic E-state index is 4.62. The third kappa shape index (κ3) is 3.25. The predicted molar refractivity (Wildman–Crippen MR) is 80.6 cm³/mol. The van der Waals surface area contributed by atoms with E-state index in [1.54, 1.807) is 0 Å². The SMILES string of the molecule is CCC(NC)c1ccc(N2CCN(C)C(C)C2)cn1. The number of hydrogen-bond acceptors (Lipinski definition) is 4. The third-order valence-electron chi connectivity index (χ3n) is 4.21. The van der Waals surface area contributed by atoms with Crippen LogP contribution in [-0.2, 0) is 0 Å². The molecular weight excluding hydrogens is 236 g/mol. The minimum Gasteiger partial charge on any atom is -0.367 e. The zero-order chi connectivity index (χ0) is 13.8. The molecule has 4 heteroatoms. The Morgan fingerprint density at radius 2 is 2.21 bits per heavy atom. The lowest BCUT2D eigenvalue weighted by atomic mass is 10.1. The number of aromatic nitrogens is 1. The van der Waals surface area contributed by atoms with E-state index in [1.807, 2.05) is 13.2 Å². The quantitative estimate of drug-likeness (QED) is 0.898. The van der Waals surface area contributed by atoms with Crippen LogP contribution in [0.1, 0.15) is 32.0 Å². The van der Waals surface area contributed by atoms with Gasteiger partial charge in [0.05, 0.1) is 17.6 Å². The Morgan fingerprint density at radius 1 is 1.42 bits per heavy atom. The number of nitrogens with zero attached hydrogens (tertiary/aromatic N) is 3. The number of pyridine rings is 1. The molecule has 1 saturated heterocycles. The average molecular weight is 262 g/mol. The molecule has 1 aliphatic heterocycles. The Labute approximate surface area is 116 Å². The van der Waals surface area contributed by atoms with E-state index in [0.717, 1.165) is 31.7 Å². The van der Waals surface area contributed by atoms with Crippen molar-refractivity contribution >= 4 is 5.69 Å². The molecule has 4 nitrogen and oxygen atoms in total. The lowest BCUT2D eigenvalue weighted by molar-refractivity contribution is 0.234. The highest BCUT2D eigenvalue weighted by Gasteiger charge is 2.21. The second-order valence-electron chi connectivity index (χ2n) is 5.47. The van der Waals surface area contributed by atoms with Crippen LogP contribution in [0.15, 0.2) is 18.3 Å². The van der Waals surface area contributed by atoms with Crippen LogP contribution < -0.4 is 10.2 Å². The topological polar surface area (TPSA) is 31.4 Å². The van der Waals surface area contributed by atoms with Gasteiger partial charge in [0, 0.05) is 31.7 Å². The minimum atomic E-state index is 0.362. The molecule has 1 aromatic heterocycles. The van der Waals surface area contributed by atoms with Gasteiger partial charge in [-0.2, -0.15) is 0 Å². The highest BCUT2D eigenvalue weighted by Crippen LogP contribution is 2.20. The van der Waals surface area contributed by atoms with Crippen molar-refractivity contribution in [3.8, 4) is 0 Å². The molecule has 106 valence electrons. The molecule has 0 amide bonds. The van der Waals surface area contributed by atoms with E-state index in [4.69, 9.17) is 0 Å². The Hall–Kier alpha value is -1.13. The van der Waals surface area contributed by atoms with Crippen LogP contribution in [0, 0.1) is 0 Å². The first-order valence-corrected chi connectivity index (χ1v) is 7.24. The van der Waals surface area contributed by atoms with E-state index >= 15 is 0 Å². The molecule has 2 heterocycles. The fraction of sp³-hybridized carbons (Fsp3) is 0.667. The Bertz CT molecular complexity index is 386. The van der Waals surface area contributed by atoms with Crippen LogP contribution in [0.5, 0.6) is 0 Å². The molecule has 1 N–H and O–H groups in total. The Balaban J connectivity index is 2.06. The monoisotopic (exact) mass is 262 g/mol. The zero-order valence-corrected chi connectivity index (χ0v) is 12.6. The number of hydrogen-bond donors (Lipinski definition) is 1.